The fourth-order valence-corrected chi connectivity index (χ4v) is 3.05. The third kappa shape index (κ3) is 4.31. The van der Waals surface area contributed by atoms with Crippen molar-refractivity contribution in [2.75, 3.05) is 18.8 Å². The van der Waals surface area contributed by atoms with Crippen LogP contribution in [0.2, 0.25) is 0 Å². The number of nitrogens with two attached hydrogens (primary N) is 1. The molecule has 1 saturated heterocycles. The molecule has 2 aromatic carbocycles. The molecule has 1 atom stereocenters. The highest BCUT2D eigenvalue weighted by atomic mass is 35.5. The molecule has 1 heterocycles. The molecule has 1 aliphatic rings. The fourth-order valence-electron chi connectivity index (χ4n) is 3.05. The number of hydrogen-bond acceptors (Lipinski definition) is 3. The van der Waals surface area contributed by atoms with E-state index in [1.165, 1.54) is 0 Å². The minimum atomic E-state index is -0.555. The highest BCUT2D eigenvalue weighted by Crippen LogP contribution is 2.24. The Kier molecular flexibility index (Phi) is 6.42. The summed E-state index contributed by atoms with van der Waals surface area (Å²) in [6.07, 6.45) is 0.913. The quantitative estimate of drug-likeness (QED) is 0.822. The number of carbonyl (C=O) groups excluding carboxylic acids is 2. The highest BCUT2D eigenvalue weighted by Gasteiger charge is 2.33. The number of anilines is 1. The van der Waals surface area contributed by atoms with Gasteiger partial charge in [0.25, 0.3) is 0 Å². The van der Waals surface area contributed by atoms with Crippen molar-refractivity contribution < 1.29 is 9.59 Å². The summed E-state index contributed by atoms with van der Waals surface area (Å²) in [5, 5.41) is 2.85. The van der Waals surface area contributed by atoms with Crippen molar-refractivity contribution in [1.82, 2.24) is 10.2 Å². The van der Waals surface area contributed by atoms with Gasteiger partial charge in [-0.15, -0.1) is 12.4 Å². The number of carbonyl (C=O) groups is 2. The van der Waals surface area contributed by atoms with Crippen molar-refractivity contribution in [2.45, 2.75) is 18.9 Å². The fraction of sp³-hybridized carbons (Fsp3) is 0.263. The number of nitrogens with one attached hydrogen (secondary N) is 1. The topological polar surface area (TPSA) is 75.4 Å². The van der Waals surface area contributed by atoms with E-state index in [1.54, 1.807) is 4.90 Å². The zero-order valence-electron chi connectivity index (χ0n) is 13.9. The highest BCUT2D eigenvalue weighted by molar-refractivity contribution is 5.90. The van der Waals surface area contributed by atoms with E-state index in [0.717, 1.165) is 11.1 Å². The van der Waals surface area contributed by atoms with Crippen LogP contribution in [0, 0.1) is 0 Å². The van der Waals surface area contributed by atoms with Crippen LogP contribution in [0.5, 0.6) is 0 Å². The molecule has 2 amide bonds. The predicted molar refractivity (Wildman–Crippen MR) is 100 cm³/mol. The Morgan fingerprint density at radius 3 is 2.52 bits per heavy atom. The van der Waals surface area contributed by atoms with Gasteiger partial charge in [0.1, 0.15) is 6.04 Å². The average molecular weight is 360 g/mol. The molecule has 132 valence electrons. The Morgan fingerprint density at radius 2 is 1.80 bits per heavy atom. The van der Waals surface area contributed by atoms with E-state index < -0.39 is 6.04 Å². The predicted octanol–water partition coefficient (Wildman–Crippen LogP) is 2.32. The lowest BCUT2D eigenvalue weighted by Gasteiger charge is -2.35. The number of benzene rings is 2. The van der Waals surface area contributed by atoms with E-state index in [9.17, 15) is 9.59 Å². The molecule has 1 fully saturated rings. The van der Waals surface area contributed by atoms with Crippen LogP contribution in [0.25, 0.3) is 0 Å². The molecular weight excluding hydrogens is 338 g/mol. The second kappa shape index (κ2) is 8.53. The molecule has 1 unspecified atom stereocenters. The maximum Gasteiger partial charge on any atom is 0.247 e. The monoisotopic (exact) mass is 359 g/mol. The van der Waals surface area contributed by atoms with E-state index >= 15 is 0 Å². The smallest absolute Gasteiger partial charge is 0.247 e. The number of para-hydroxylation sites is 1. The SMILES string of the molecule is Cl.Nc1ccccc1CCC(=O)N1CCNC(=O)C1c1ccccc1. The van der Waals surface area contributed by atoms with Gasteiger partial charge in [0, 0.05) is 25.2 Å². The number of nitrogens with zero attached hydrogens (tertiary/aromatic N) is 1. The molecule has 0 radical (unpaired) electrons. The first-order chi connectivity index (χ1) is 11.7. The van der Waals surface area contributed by atoms with Crippen LogP contribution in [0.4, 0.5) is 5.69 Å². The standard InChI is InChI=1S/C19H21N3O2.ClH/c20-16-9-5-4-6-14(16)10-11-17(23)22-13-12-21-19(24)18(22)15-7-2-1-3-8-15;/h1-9,18H,10-13,20H2,(H,21,24);1H. The van der Waals surface area contributed by atoms with Crippen molar-refractivity contribution in [3.8, 4) is 0 Å². The first kappa shape index (κ1) is 18.8. The second-order valence-corrected chi connectivity index (χ2v) is 5.89. The minimum absolute atomic E-state index is 0. The summed E-state index contributed by atoms with van der Waals surface area (Å²) in [5.41, 5.74) is 8.43. The molecule has 25 heavy (non-hydrogen) atoms. The van der Waals surface area contributed by atoms with Crippen LogP contribution in [-0.2, 0) is 16.0 Å². The Balaban J connectivity index is 0.00000225. The second-order valence-electron chi connectivity index (χ2n) is 5.89. The number of aryl methyl sites for hydroxylation is 1. The van der Waals surface area contributed by atoms with Crippen LogP contribution in [-0.4, -0.2) is 29.8 Å². The number of rotatable bonds is 4. The van der Waals surface area contributed by atoms with Gasteiger partial charge in [0.2, 0.25) is 11.8 Å². The lowest BCUT2D eigenvalue weighted by Crippen LogP contribution is -2.52. The van der Waals surface area contributed by atoms with E-state index in [0.29, 0.717) is 31.6 Å². The van der Waals surface area contributed by atoms with Crippen molar-refractivity contribution in [3.63, 3.8) is 0 Å². The summed E-state index contributed by atoms with van der Waals surface area (Å²) >= 11 is 0. The number of halogens is 1. The van der Waals surface area contributed by atoms with Crippen molar-refractivity contribution in [2.24, 2.45) is 0 Å². The molecule has 3 N–H and O–H groups in total. The van der Waals surface area contributed by atoms with Crippen LogP contribution in [0.1, 0.15) is 23.6 Å². The minimum Gasteiger partial charge on any atom is -0.399 e. The Morgan fingerprint density at radius 1 is 1.12 bits per heavy atom. The summed E-state index contributed by atoms with van der Waals surface area (Å²) < 4.78 is 0. The molecule has 0 aliphatic carbocycles. The zero-order chi connectivity index (χ0) is 16.9. The maximum atomic E-state index is 12.7. The van der Waals surface area contributed by atoms with Gasteiger partial charge in [-0.2, -0.15) is 0 Å². The summed E-state index contributed by atoms with van der Waals surface area (Å²) in [5.74, 6) is -0.151. The van der Waals surface area contributed by atoms with Gasteiger partial charge in [-0.1, -0.05) is 48.5 Å². The lowest BCUT2D eigenvalue weighted by molar-refractivity contribution is -0.143. The number of piperazine rings is 1. The van der Waals surface area contributed by atoms with Crippen LogP contribution in [0.3, 0.4) is 0 Å². The van der Waals surface area contributed by atoms with Crippen molar-refractivity contribution in [1.29, 1.82) is 0 Å². The van der Waals surface area contributed by atoms with Crippen LogP contribution >= 0.6 is 12.4 Å². The largest absolute Gasteiger partial charge is 0.399 e. The molecule has 6 heteroatoms. The average Bonchev–Trinajstić information content (AvgIpc) is 2.61. The molecule has 5 nitrogen and oxygen atoms in total. The summed E-state index contributed by atoms with van der Waals surface area (Å²) in [4.78, 5) is 26.7. The summed E-state index contributed by atoms with van der Waals surface area (Å²) in [6, 6.07) is 16.4. The molecule has 1 aliphatic heterocycles. The molecule has 2 aromatic rings. The van der Waals surface area contributed by atoms with Gasteiger partial charge in [-0.3, -0.25) is 9.59 Å². The van der Waals surface area contributed by atoms with Gasteiger partial charge in [-0.25, -0.2) is 0 Å². The molecule has 0 saturated carbocycles. The van der Waals surface area contributed by atoms with Gasteiger partial charge in [-0.05, 0) is 23.6 Å². The van der Waals surface area contributed by atoms with Crippen LogP contribution in [0.15, 0.2) is 54.6 Å². The van der Waals surface area contributed by atoms with Crippen molar-refractivity contribution in [3.05, 3.63) is 65.7 Å². The van der Waals surface area contributed by atoms with Crippen LogP contribution < -0.4 is 11.1 Å². The van der Waals surface area contributed by atoms with Crippen molar-refractivity contribution >= 4 is 29.9 Å². The molecule has 0 spiro atoms. The molecule has 0 bridgehead atoms. The third-order valence-corrected chi connectivity index (χ3v) is 4.31. The van der Waals surface area contributed by atoms with Gasteiger partial charge < -0.3 is 16.0 Å². The first-order valence-corrected chi connectivity index (χ1v) is 8.12. The number of amides is 2. The molecule has 0 aromatic heterocycles. The number of hydrogen-bond donors (Lipinski definition) is 2. The van der Waals surface area contributed by atoms with E-state index in [-0.39, 0.29) is 24.2 Å². The maximum absolute atomic E-state index is 12.7. The van der Waals surface area contributed by atoms with Gasteiger partial charge in [0.15, 0.2) is 0 Å². The molecule has 3 rings (SSSR count). The number of nitrogen functional groups attached to an aromatic ring is 1. The summed E-state index contributed by atoms with van der Waals surface area (Å²) in [6.45, 7) is 1.01. The Hall–Kier alpha value is -2.53. The Bertz CT molecular complexity index is 736. The summed E-state index contributed by atoms with van der Waals surface area (Å²) in [7, 11) is 0. The third-order valence-electron chi connectivity index (χ3n) is 4.31. The van der Waals surface area contributed by atoms with E-state index in [4.69, 9.17) is 5.73 Å². The Labute approximate surface area is 153 Å². The lowest BCUT2D eigenvalue weighted by atomic mass is 10.0. The van der Waals surface area contributed by atoms with E-state index in [1.807, 2.05) is 54.6 Å². The van der Waals surface area contributed by atoms with Gasteiger partial charge >= 0.3 is 0 Å². The normalized spacial score (nSPS) is 16.7. The van der Waals surface area contributed by atoms with Gasteiger partial charge in [0.05, 0.1) is 0 Å². The molecular formula is C19H22ClN3O2. The zero-order valence-corrected chi connectivity index (χ0v) is 14.7. The van der Waals surface area contributed by atoms with E-state index in [2.05, 4.69) is 5.32 Å². The first-order valence-electron chi connectivity index (χ1n) is 8.12.